The number of carbonyl (C=O) groups excluding carboxylic acids is 3. The van der Waals surface area contributed by atoms with E-state index in [4.69, 9.17) is 5.73 Å². The van der Waals surface area contributed by atoms with Crippen LogP contribution < -0.4 is 16.4 Å². The van der Waals surface area contributed by atoms with Crippen LogP contribution in [0.2, 0.25) is 0 Å². The topological polar surface area (TPSA) is 119 Å². The van der Waals surface area contributed by atoms with Crippen molar-refractivity contribution < 1.29 is 23.2 Å². The molecule has 0 saturated carbocycles. The second-order valence-corrected chi connectivity index (χ2v) is 6.14. The molecule has 0 aliphatic heterocycles. The standard InChI is InChI=1S/C20H17F2N5O3/c1-24-20(30)15-16(18(23)28)27(10-25-15)12-8-6-11(7-9-12)26-19(29)14-5-3-2-4-13(14)17(21)22/h2-10,17H,1H3,(H2,23,28)(H,24,30)(H,26,29). The van der Waals surface area contributed by atoms with Crippen LogP contribution in [0.5, 0.6) is 0 Å². The molecule has 3 aromatic rings. The number of benzene rings is 2. The van der Waals surface area contributed by atoms with Crippen LogP contribution >= 0.6 is 0 Å². The Hall–Kier alpha value is -4.08. The van der Waals surface area contributed by atoms with E-state index in [9.17, 15) is 23.2 Å². The molecule has 0 atom stereocenters. The number of amides is 3. The average molecular weight is 413 g/mol. The fourth-order valence-corrected chi connectivity index (χ4v) is 2.86. The number of imidazole rings is 1. The van der Waals surface area contributed by atoms with E-state index in [2.05, 4.69) is 15.6 Å². The molecule has 8 nitrogen and oxygen atoms in total. The quantitative estimate of drug-likeness (QED) is 0.575. The summed E-state index contributed by atoms with van der Waals surface area (Å²) in [5.41, 5.74) is 5.48. The molecule has 0 unspecified atom stereocenters. The van der Waals surface area contributed by atoms with Crippen LogP contribution in [0.25, 0.3) is 5.69 Å². The molecule has 0 radical (unpaired) electrons. The lowest BCUT2D eigenvalue weighted by Gasteiger charge is -2.11. The lowest BCUT2D eigenvalue weighted by Crippen LogP contribution is -2.25. The second-order valence-electron chi connectivity index (χ2n) is 6.14. The van der Waals surface area contributed by atoms with Crippen molar-refractivity contribution >= 4 is 23.4 Å². The number of rotatable bonds is 6. The van der Waals surface area contributed by atoms with Crippen LogP contribution in [0, 0.1) is 0 Å². The normalized spacial score (nSPS) is 10.7. The van der Waals surface area contributed by atoms with Crippen molar-refractivity contribution in [1.82, 2.24) is 14.9 Å². The van der Waals surface area contributed by atoms with Gasteiger partial charge in [0, 0.05) is 29.5 Å². The van der Waals surface area contributed by atoms with Crippen LogP contribution in [0.15, 0.2) is 54.9 Å². The first-order valence-corrected chi connectivity index (χ1v) is 8.71. The Kier molecular flexibility index (Phi) is 5.86. The molecule has 4 N–H and O–H groups in total. The summed E-state index contributed by atoms with van der Waals surface area (Å²) in [6.45, 7) is 0. The molecule has 0 bridgehead atoms. The minimum Gasteiger partial charge on any atom is -0.364 e. The lowest BCUT2D eigenvalue weighted by atomic mass is 10.1. The Bertz CT molecular complexity index is 1110. The Morgan fingerprint density at radius 3 is 2.30 bits per heavy atom. The number of anilines is 1. The van der Waals surface area contributed by atoms with Gasteiger partial charge in [-0.3, -0.25) is 19.0 Å². The number of halogens is 2. The van der Waals surface area contributed by atoms with Crippen molar-refractivity contribution in [3.05, 3.63) is 77.4 Å². The summed E-state index contributed by atoms with van der Waals surface area (Å²) in [5.74, 6) is -2.09. The molecular formula is C20H17F2N5O3. The molecule has 0 fully saturated rings. The van der Waals surface area contributed by atoms with Gasteiger partial charge in [-0.1, -0.05) is 18.2 Å². The number of hydrogen-bond donors (Lipinski definition) is 3. The summed E-state index contributed by atoms with van der Waals surface area (Å²) in [6, 6.07) is 11.6. The minimum atomic E-state index is -2.78. The number of nitrogens with zero attached hydrogens (tertiary/aromatic N) is 2. The smallest absolute Gasteiger partial charge is 0.272 e. The Morgan fingerprint density at radius 2 is 1.70 bits per heavy atom. The third kappa shape index (κ3) is 4.02. The summed E-state index contributed by atoms with van der Waals surface area (Å²) in [5, 5.41) is 4.93. The highest BCUT2D eigenvalue weighted by molar-refractivity contribution is 6.06. The first-order valence-electron chi connectivity index (χ1n) is 8.71. The summed E-state index contributed by atoms with van der Waals surface area (Å²) in [4.78, 5) is 40.0. The van der Waals surface area contributed by atoms with Gasteiger partial charge < -0.3 is 16.4 Å². The van der Waals surface area contributed by atoms with Gasteiger partial charge in [-0.05, 0) is 30.3 Å². The van der Waals surface area contributed by atoms with Crippen LogP contribution in [0.3, 0.4) is 0 Å². The molecule has 3 amide bonds. The van der Waals surface area contributed by atoms with E-state index in [1.54, 1.807) is 12.1 Å². The number of nitrogens with one attached hydrogen (secondary N) is 2. The van der Waals surface area contributed by atoms with Gasteiger partial charge in [-0.15, -0.1) is 0 Å². The van der Waals surface area contributed by atoms with Crippen molar-refractivity contribution in [3.63, 3.8) is 0 Å². The molecule has 0 spiro atoms. The van der Waals surface area contributed by atoms with Crippen LogP contribution in [-0.4, -0.2) is 34.3 Å². The molecule has 3 rings (SSSR count). The van der Waals surface area contributed by atoms with Gasteiger partial charge in [-0.25, -0.2) is 13.8 Å². The van der Waals surface area contributed by atoms with Crippen molar-refractivity contribution in [2.24, 2.45) is 5.73 Å². The third-order valence-electron chi connectivity index (χ3n) is 4.29. The fourth-order valence-electron chi connectivity index (χ4n) is 2.86. The van der Waals surface area contributed by atoms with E-state index in [1.165, 1.54) is 54.3 Å². The number of carbonyl (C=O) groups is 3. The highest BCUT2D eigenvalue weighted by Gasteiger charge is 2.22. The fraction of sp³-hybridized carbons (Fsp3) is 0.100. The molecule has 1 heterocycles. The predicted molar refractivity (Wildman–Crippen MR) is 105 cm³/mol. The van der Waals surface area contributed by atoms with Crippen LogP contribution in [0.4, 0.5) is 14.5 Å². The van der Waals surface area contributed by atoms with Crippen molar-refractivity contribution in [2.75, 3.05) is 12.4 Å². The van der Waals surface area contributed by atoms with Crippen molar-refractivity contribution in [2.45, 2.75) is 6.43 Å². The highest BCUT2D eigenvalue weighted by Crippen LogP contribution is 2.24. The van der Waals surface area contributed by atoms with E-state index >= 15 is 0 Å². The third-order valence-corrected chi connectivity index (χ3v) is 4.29. The minimum absolute atomic E-state index is 0.100. The number of hydrogen-bond acceptors (Lipinski definition) is 4. The molecular weight excluding hydrogens is 396 g/mol. The summed E-state index contributed by atoms with van der Waals surface area (Å²) < 4.78 is 27.5. The maximum atomic E-state index is 13.1. The SMILES string of the molecule is CNC(=O)c1ncn(-c2ccc(NC(=O)c3ccccc3C(F)F)cc2)c1C(N)=O. The van der Waals surface area contributed by atoms with Gasteiger partial charge in [0.25, 0.3) is 24.1 Å². The summed E-state index contributed by atoms with van der Waals surface area (Å²) in [6.07, 6.45) is -1.51. The van der Waals surface area contributed by atoms with Crippen LogP contribution in [0.1, 0.15) is 43.3 Å². The molecule has 10 heteroatoms. The number of primary amides is 1. The molecule has 154 valence electrons. The monoisotopic (exact) mass is 413 g/mol. The number of alkyl halides is 2. The van der Waals surface area contributed by atoms with Gasteiger partial charge in [0.15, 0.2) is 5.69 Å². The largest absolute Gasteiger partial charge is 0.364 e. The first-order chi connectivity index (χ1) is 14.3. The second kappa shape index (κ2) is 8.52. The number of aromatic nitrogens is 2. The van der Waals surface area contributed by atoms with Crippen LogP contribution in [-0.2, 0) is 0 Å². The van der Waals surface area contributed by atoms with E-state index < -0.39 is 24.1 Å². The molecule has 2 aromatic carbocycles. The maximum absolute atomic E-state index is 13.1. The predicted octanol–water partition coefficient (Wildman–Crippen LogP) is 2.52. The molecule has 1 aromatic heterocycles. The summed E-state index contributed by atoms with van der Waals surface area (Å²) >= 11 is 0. The average Bonchev–Trinajstić information content (AvgIpc) is 3.19. The zero-order chi connectivity index (χ0) is 21.8. The van der Waals surface area contributed by atoms with Crippen molar-refractivity contribution in [3.8, 4) is 5.69 Å². The van der Waals surface area contributed by atoms with E-state index in [0.29, 0.717) is 11.4 Å². The zero-order valence-corrected chi connectivity index (χ0v) is 15.7. The number of nitrogens with two attached hydrogens (primary N) is 1. The maximum Gasteiger partial charge on any atom is 0.272 e. The molecule has 30 heavy (non-hydrogen) atoms. The zero-order valence-electron chi connectivity index (χ0n) is 15.7. The lowest BCUT2D eigenvalue weighted by molar-refractivity contribution is 0.0937. The Balaban J connectivity index is 1.86. The van der Waals surface area contributed by atoms with E-state index in [-0.39, 0.29) is 22.5 Å². The highest BCUT2D eigenvalue weighted by atomic mass is 19.3. The molecule has 0 aliphatic carbocycles. The summed E-state index contributed by atoms with van der Waals surface area (Å²) in [7, 11) is 1.40. The first kappa shape index (κ1) is 20.6. The van der Waals surface area contributed by atoms with Gasteiger partial charge in [0.2, 0.25) is 0 Å². The van der Waals surface area contributed by atoms with E-state index in [1.807, 2.05) is 0 Å². The van der Waals surface area contributed by atoms with Gasteiger partial charge in [0.1, 0.15) is 12.0 Å². The molecule has 0 aliphatic rings. The Labute approximate surface area is 169 Å². The van der Waals surface area contributed by atoms with E-state index in [0.717, 1.165) is 0 Å². The van der Waals surface area contributed by atoms with Crippen molar-refractivity contribution in [1.29, 1.82) is 0 Å². The van der Waals surface area contributed by atoms with Gasteiger partial charge >= 0.3 is 0 Å². The van der Waals surface area contributed by atoms with Gasteiger partial charge in [-0.2, -0.15) is 0 Å². The Morgan fingerprint density at radius 1 is 1.03 bits per heavy atom. The van der Waals surface area contributed by atoms with Gasteiger partial charge in [0.05, 0.1) is 0 Å². The molecule has 0 saturated heterocycles.